The number of nitrogens with zero attached hydrogens (tertiary/aromatic N) is 1. The third-order valence-electron chi connectivity index (χ3n) is 3.57. The van der Waals surface area contributed by atoms with Crippen molar-refractivity contribution in [3.8, 4) is 0 Å². The van der Waals surface area contributed by atoms with Crippen molar-refractivity contribution in [2.45, 2.75) is 19.5 Å². The average molecular weight is 318 g/mol. The fourth-order valence-electron chi connectivity index (χ4n) is 2.08. The lowest BCUT2D eigenvalue weighted by molar-refractivity contribution is -0.120. The molecule has 0 spiro atoms. The molecule has 0 heterocycles. The third-order valence-corrected chi connectivity index (χ3v) is 3.88. The highest BCUT2D eigenvalue weighted by Crippen LogP contribution is 2.24. The molecule has 116 valence electrons. The summed E-state index contributed by atoms with van der Waals surface area (Å²) >= 11 is 6.08. The van der Waals surface area contributed by atoms with E-state index in [9.17, 15) is 4.79 Å². The number of nitrogen functional groups attached to an aromatic ring is 1. The van der Waals surface area contributed by atoms with E-state index in [0.29, 0.717) is 22.9 Å². The lowest BCUT2D eigenvalue weighted by Gasteiger charge is -2.24. The van der Waals surface area contributed by atoms with Gasteiger partial charge in [-0.3, -0.25) is 9.69 Å². The maximum Gasteiger partial charge on any atom is 0.241 e. The molecule has 0 saturated carbocycles. The topological polar surface area (TPSA) is 58.4 Å². The number of rotatable bonds is 5. The second kappa shape index (κ2) is 7.29. The maximum atomic E-state index is 12.3. The molecule has 1 unspecified atom stereocenters. The number of amides is 1. The number of carbonyl (C=O) groups is 1. The first kappa shape index (κ1) is 16.3. The van der Waals surface area contributed by atoms with Gasteiger partial charge in [0.05, 0.1) is 16.8 Å². The summed E-state index contributed by atoms with van der Waals surface area (Å²) in [6.07, 6.45) is 0. The number of hydrogen-bond donors (Lipinski definition) is 2. The van der Waals surface area contributed by atoms with Crippen LogP contribution in [0.15, 0.2) is 48.5 Å². The van der Waals surface area contributed by atoms with Gasteiger partial charge in [0.15, 0.2) is 0 Å². The molecular formula is C17H20ClN3O. The van der Waals surface area contributed by atoms with Gasteiger partial charge in [0.1, 0.15) is 0 Å². The van der Waals surface area contributed by atoms with E-state index in [1.807, 2.05) is 49.2 Å². The standard InChI is InChI=1S/C17H20ClN3O/c1-12(21(2)11-13-6-4-3-5-7-13)17(22)20-16-9-8-14(19)10-15(16)18/h3-10,12H,11,19H2,1-2H3,(H,20,22). The van der Waals surface area contributed by atoms with Gasteiger partial charge in [-0.05, 0) is 37.7 Å². The minimum absolute atomic E-state index is 0.106. The zero-order chi connectivity index (χ0) is 16.1. The fraction of sp³-hybridized carbons (Fsp3) is 0.235. The predicted octanol–water partition coefficient (Wildman–Crippen LogP) is 3.38. The molecule has 0 bridgehead atoms. The monoisotopic (exact) mass is 317 g/mol. The van der Waals surface area contributed by atoms with E-state index >= 15 is 0 Å². The number of benzene rings is 2. The first-order valence-electron chi connectivity index (χ1n) is 7.07. The smallest absolute Gasteiger partial charge is 0.241 e. The van der Waals surface area contributed by atoms with Crippen molar-refractivity contribution in [2.75, 3.05) is 18.1 Å². The van der Waals surface area contributed by atoms with E-state index in [2.05, 4.69) is 5.32 Å². The molecule has 1 amide bonds. The van der Waals surface area contributed by atoms with Gasteiger partial charge in [0.2, 0.25) is 5.91 Å². The summed E-state index contributed by atoms with van der Waals surface area (Å²) in [5.41, 5.74) is 7.95. The van der Waals surface area contributed by atoms with Crippen molar-refractivity contribution in [1.82, 2.24) is 4.90 Å². The Kier molecular flexibility index (Phi) is 5.41. The van der Waals surface area contributed by atoms with Gasteiger partial charge in [0.25, 0.3) is 0 Å². The number of hydrogen-bond acceptors (Lipinski definition) is 3. The fourth-order valence-corrected chi connectivity index (χ4v) is 2.31. The van der Waals surface area contributed by atoms with E-state index in [0.717, 1.165) is 5.56 Å². The number of halogens is 1. The van der Waals surface area contributed by atoms with Crippen LogP contribution in [0.2, 0.25) is 5.02 Å². The Hall–Kier alpha value is -2.04. The molecule has 0 aliphatic carbocycles. The third kappa shape index (κ3) is 4.23. The van der Waals surface area contributed by atoms with Gasteiger partial charge in [0, 0.05) is 12.2 Å². The molecule has 2 aromatic rings. The summed E-state index contributed by atoms with van der Waals surface area (Å²) in [5.74, 6) is -0.106. The first-order chi connectivity index (χ1) is 10.5. The zero-order valence-electron chi connectivity index (χ0n) is 12.7. The van der Waals surface area contributed by atoms with E-state index < -0.39 is 0 Å². The molecule has 4 nitrogen and oxygen atoms in total. The molecule has 0 saturated heterocycles. The summed E-state index contributed by atoms with van der Waals surface area (Å²) in [5, 5.41) is 3.27. The highest BCUT2D eigenvalue weighted by molar-refractivity contribution is 6.34. The SMILES string of the molecule is CC(C(=O)Nc1ccc(N)cc1Cl)N(C)Cc1ccccc1. The Balaban J connectivity index is 1.99. The van der Waals surface area contributed by atoms with Crippen LogP contribution in [0.4, 0.5) is 11.4 Å². The van der Waals surface area contributed by atoms with Gasteiger partial charge in [-0.25, -0.2) is 0 Å². The van der Waals surface area contributed by atoms with Crippen molar-refractivity contribution in [2.24, 2.45) is 0 Å². The second-order valence-corrected chi connectivity index (χ2v) is 5.71. The van der Waals surface area contributed by atoms with Crippen LogP contribution in [-0.2, 0) is 11.3 Å². The first-order valence-corrected chi connectivity index (χ1v) is 7.45. The van der Waals surface area contributed by atoms with Crippen molar-refractivity contribution in [3.63, 3.8) is 0 Å². The van der Waals surface area contributed by atoms with Crippen LogP contribution in [0.5, 0.6) is 0 Å². The van der Waals surface area contributed by atoms with Crippen molar-refractivity contribution < 1.29 is 4.79 Å². The molecule has 22 heavy (non-hydrogen) atoms. The molecule has 0 radical (unpaired) electrons. The maximum absolute atomic E-state index is 12.3. The molecule has 0 aromatic heterocycles. The number of carbonyl (C=O) groups excluding carboxylic acids is 1. The van der Waals surface area contributed by atoms with Gasteiger partial charge < -0.3 is 11.1 Å². The van der Waals surface area contributed by atoms with Crippen LogP contribution in [0, 0.1) is 0 Å². The van der Waals surface area contributed by atoms with Gasteiger partial charge >= 0.3 is 0 Å². The average Bonchev–Trinajstić information content (AvgIpc) is 2.50. The summed E-state index contributed by atoms with van der Waals surface area (Å²) < 4.78 is 0. The Bertz CT molecular complexity index is 646. The minimum Gasteiger partial charge on any atom is -0.399 e. The van der Waals surface area contributed by atoms with Crippen molar-refractivity contribution in [1.29, 1.82) is 0 Å². The molecule has 2 aromatic carbocycles. The predicted molar refractivity (Wildman–Crippen MR) is 91.9 cm³/mol. The Morgan fingerprint density at radius 3 is 2.59 bits per heavy atom. The molecular weight excluding hydrogens is 298 g/mol. The van der Waals surface area contributed by atoms with Gasteiger partial charge in [-0.1, -0.05) is 41.9 Å². The number of likely N-dealkylation sites (N-methyl/N-ethyl adjacent to an activating group) is 1. The molecule has 0 aliphatic heterocycles. The van der Waals surface area contributed by atoms with Crippen LogP contribution in [0.25, 0.3) is 0 Å². The van der Waals surface area contributed by atoms with Crippen molar-refractivity contribution >= 4 is 28.9 Å². The number of anilines is 2. The molecule has 0 fully saturated rings. The van der Waals surface area contributed by atoms with Crippen LogP contribution < -0.4 is 11.1 Å². The van der Waals surface area contributed by atoms with E-state index in [1.165, 1.54) is 0 Å². The van der Waals surface area contributed by atoms with Crippen molar-refractivity contribution in [3.05, 3.63) is 59.1 Å². The Morgan fingerprint density at radius 2 is 1.95 bits per heavy atom. The van der Waals surface area contributed by atoms with Crippen LogP contribution in [0.3, 0.4) is 0 Å². The molecule has 3 N–H and O–H groups in total. The van der Waals surface area contributed by atoms with Crippen LogP contribution in [0.1, 0.15) is 12.5 Å². The van der Waals surface area contributed by atoms with E-state index in [1.54, 1.807) is 18.2 Å². The molecule has 5 heteroatoms. The highest BCUT2D eigenvalue weighted by Gasteiger charge is 2.19. The largest absolute Gasteiger partial charge is 0.399 e. The Morgan fingerprint density at radius 1 is 1.27 bits per heavy atom. The highest BCUT2D eigenvalue weighted by atomic mass is 35.5. The molecule has 0 aliphatic rings. The van der Waals surface area contributed by atoms with Gasteiger partial charge in [-0.15, -0.1) is 0 Å². The number of nitrogens with one attached hydrogen (secondary N) is 1. The van der Waals surface area contributed by atoms with E-state index in [-0.39, 0.29) is 11.9 Å². The summed E-state index contributed by atoms with van der Waals surface area (Å²) in [4.78, 5) is 14.3. The van der Waals surface area contributed by atoms with E-state index in [4.69, 9.17) is 17.3 Å². The minimum atomic E-state index is -0.283. The van der Waals surface area contributed by atoms with Crippen LogP contribution >= 0.6 is 11.6 Å². The molecule has 2 rings (SSSR count). The summed E-state index contributed by atoms with van der Waals surface area (Å²) in [6.45, 7) is 2.56. The lowest BCUT2D eigenvalue weighted by atomic mass is 10.2. The second-order valence-electron chi connectivity index (χ2n) is 5.31. The number of nitrogens with two attached hydrogens (primary N) is 1. The molecule has 1 atom stereocenters. The lowest BCUT2D eigenvalue weighted by Crippen LogP contribution is -2.39. The normalized spacial score (nSPS) is 12.2. The van der Waals surface area contributed by atoms with Crippen LogP contribution in [-0.4, -0.2) is 23.9 Å². The Labute approximate surface area is 135 Å². The summed E-state index contributed by atoms with van der Waals surface area (Å²) in [6, 6.07) is 14.8. The zero-order valence-corrected chi connectivity index (χ0v) is 13.5. The van der Waals surface area contributed by atoms with Gasteiger partial charge in [-0.2, -0.15) is 0 Å². The summed E-state index contributed by atoms with van der Waals surface area (Å²) in [7, 11) is 1.92. The quantitative estimate of drug-likeness (QED) is 0.831.